The molecule has 0 aromatic carbocycles. The Morgan fingerprint density at radius 1 is 1.23 bits per heavy atom. The number of carbonyl (C=O) groups excluding carboxylic acids is 1. The van der Waals surface area contributed by atoms with Gasteiger partial charge >= 0.3 is 8.80 Å². The first-order chi connectivity index (χ1) is 10.6. The number of primary amides is 1. The van der Waals surface area contributed by atoms with Gasteiger partial charge in [0, 0.05) is 50.7 Å². The van der Waals surface area contributed by atoms with E-state index in [1.165, 1.54) is 0 Å². The van der Waals surface area contributed by atoms with Crippen LogP contribution in [0.3, 0.4) is 0 Å². The molecule has 0 unspecified atom stereocenters. The zero-order valence-corrected chi connectivity index (χ0v) is 14.8. The quantitative estimate of drug-likeness (QED) is 0.584. The molecule has 0 atom stereocenters. The van der Waals surface area contributed by atoms with E-state index in [-0.39, 0.29) is 5.91 Å². The van der Waals surface area contributed by atoms with E-state index in [4.69, 9.17) is 19.0 Å². The molecule has 0 saturated carbocycles. The van der Waals surface area contributed by atoms with Crippen LogP contribution in [0.5, 0.6) is 0 Å². The van der Waals surface area contributed by atoms with Crippen molar-refractivity contribution in [3.05, 3.63) is 23.9 Å². The second kappa shape index (κ2) is 9.78. The lowest BCUT2D eigenvalue weighted by Crippen LogP contribution is -2.46. The van der Waals surface area contributed by atoms with Crippen LogP contribution in [0.15, 0.2) is 23.9 Å². The Kier molecular flexibility index (Phi) is 8.40. The summed E-state index contributed by atoms with van der Waals surface area (Å²) < 4.78 is 17.5. The molecule has 0 radical (unpaired) electrons. The third-order valence-electron chi connectivity index (χ3n) is 3.32. The Morgan fingerprint density at radius 3 is 2.23 bits per heavy atom. The van der Waals surface area contributed by atoms with Gasteiger partial charge in [-0.3, -0.25) is 4.79 Å². The van der Waals surface area contributed by atoms with Crippen LogP contribution in [0.25, 0.3) is 0 Å². The van der Waals surface area contributed by atoms with Crippen molar-refractivity contribution in [3.63, 3.8) is 0 Å². The van der Waals surface area contributed by atoms with Crippen LogP contribution in [-0.2, 0) is 18.1 Å². The van der Waals surface area contributed by atoms with Crippen LogP contribution in [0.4, 0.5) is 0 Å². The standard InChI is InChI=1S/C15H28N2O4Si/c1-4-19-22(20-5-2,21-6-3)13-7-10-17-11-8-14(9-12-17)15(16)18/h8-9,11H,4-7,10,12-13H2,1-3H3,(H2,16,18). The predicted octanol–water partition coefficient (Wildman–Crippen LogP) is 1.67. The van der Waals surface area contributed by atoms with Crippen LogP contribution >= 0.6 is 0 Å². The normalized spacial score (nSPS) is 15.0. The van der Waals surface area contributed by atoms with Crippen molar-refractivity contribution in [2.45, 2.75) is 33.2 Å². The first kappa shape index (κ1) is 18.9. The molecule has 6 nitrogen and oxygen atoms in total. The van der Waals surface area contributed by atoms with Crippen LogP contribution in [-0.4, -0.2) is 52.5 Å². The topological polar surface area (TPSA) is 74.0 Å². The fraction of sp³-hybridized carbons (Fsp3) is 0.667. The lowest BCUT2D eigenvalue weighted by Gasteiger charge is -2.29. The molecule has 0 saturated heterocycles. The number of rotatable bonds is 11. The monoisotopic (exact) mass is 328 g/mol. The van der Waals surface area contributed by atoms with Gasteiger partial charge in [-0.15, -0.1) is 0 Å². The second-order valence-corrected chi connectivity index (χ2v) is 7.65. The van der Waals surface area contributed by atoms with E-state index in [0.717, 1.165) is 19.0 Å². The van der Waals surface area contributed by atoms with Gasteiger partial charge in [-0.2, -0.15) is 0 Å². The molecule has 7 heteroatoms. The molecule has 2 N–H and O–H groups in total. The van der Waals surface area contributed by atoms with Gasteiger partial charge in [0.05, 0.1) is 0 Å². The van der Waals surface area contributed by atoms with Crippen molar-refractivity contribution in [1.82, 2.24) is 4.90 Å². The smallest absolute Gasteiger partial charge is 0.374 e. The van der Waals surface area contributed by atoms with Gasteiger partial charge in [0.1, 0.15) is 0 Å². The summed E-state index contributed by atoms with van der Waals surface area (Å²) in [7, 11) is -2.55. The van der Waals surface area contributed by atoms with E-state index >= 15 is 0 Å². The Labute approximate surface area is 134 Å². The molecule has 0 spiro atoms. The van der Waals surface area contributed by atoms with E-state index in [2.05, 4.69) is 4.90 Å². The molecule has 0 aliphatic carbocycles. The molecule has 1 rings (SSSR count). The molecule has 1 amide bonds. The third-order valence-corrected chi connectivity index (χ3v) is 6.47. The molecule has 1 heterocycles. The maximum Gasteiger partial charge on any atom is 0.500 e. The van der Waals surface area contributed by atoms with Crippen LogP contribution in [0.1, 0.15) is 27.2 Å². The van der Waals surface area contributed by atoms with Gasteiger partial charge in [-0.05, 0) is 33.3 Å². The fourth-order valence-electron chi connectivity index (χ4n) is 2.38. The average molecular weight is 328 g/mol. The van der Waals surface area contributed by atoms with Crippen molar-refractivity contribution in [2.75, 3.05) is 32.9 Å². The van der Waals surface area contributed by atoms with Gasteiger partial charge in [-0.1, -0.05) is 6.08 Å². The highest BCUT2D eigenvalue weighted by molar-refractivity contribution is 6.60. The molecule has 1 aliphatic rings. The molecule has 0 aromatic rings. The average Bonchev–Trinajstić information content (AvgIpc) is 2.48. The number of nitrogens with two attached hydrogens (primary N) is 1. The second-order valence-electron chi connectivity index (χ2n) is 4.92. The number of amides is 1. The van der Waals surface area contributed by atoms with Crippen LogP contribution in [0, 0.1) is 0 Å². The molecule has 126 valence electrons. The molecule has 1 aliphatic heterocycles. The summed E-state index contributed by atoms with van der Waals surface area (Å²) in [5.41, 5.74) is 5.82. The highest BCUT2D eigenvalue weighted by atomic mass is 28.4. The lowest BCUT2D eigenvalue weighted by molar-refractivity contribution is -0.114. The van der Waals surface area contributed by atoms with Crippen molar-refractivity contribution in [2.24, 2.45) is 5.73 Å². The van der Waals surface area contributed by atoms with Gasteiger partial charge in [0.2, 0.25) is 5.91 Å². The predicted molar refractivity (Wildman–Crippen MR) is 88.0 cm³/mol. The van der Waals surface area contributed by atoms with Crippen molar-refractivity contribution < 1.29 is 18.1 Å². The van der Waals surface area contributed by atoms with Gasteiger partial charge in [0.15, 0.2) is 0 Å². The van der Waals surface area contributed by atoms with Gasteiger partial charge < -0.3 is 23.9 Å². The molecule has 0 fully saturated rings. The van der Waals surface area contributed by atoms with Crippen LogP contribution < -0.4 is 5.73 Å². The Balaban J connectivity index is 2.46. The number of hydrogen-bond acceptors (Lipinski definition) is 5. The van der Waals surface area contributed by atoms with E-state index < -0.39 is 8.80 Å². The molecule has 22 heavy (non-hydrogen) atoms. The Morgan fingerprint density at radius 2 is 1.82 bits per heavy atom. The fourth-order valence-corrected chi connectivity index (χ4v) is 4.97. The maximum atomic E-state index is 11.1. The highest BCUT2D eigenvalue weighted by Crippen LogP contribution is 2.19. The third kappa shape index (κ3) is 5.92. The minimum absolute atomic E-state index is 0.383. The summed E-state index contributed by atoms with van der Waals surface area (Å²) in [5.74, 6) is -0.383. The van der Waals surface area contributed by atoms with Gasteiger partial charge in [0.25, 0.3) is 0 Å². The summed E-state index contributed by atoms with van der Waals surface area (Å²) in [4.78, 5) is 13.2. The SMILES string of the molecule is CCO[Si](CCCN1C=CC(C(N)=O)=CC1)(OCC)OCC. The van der Waals surface area contributed by atoms with E-state index in [1.54, 1.807) is 6.08 Å². The number of carbonyl (C=O) groups is 1. The zero-order valence-electron chi connectivity index (χ0n) is 13.8. The van der Waals surface area contributed by atoms with E-state index in [9.17, 15) is 4.79 Å². The molecule has 0 bridgehead atoms. The largest absolute Gasteiger partial charge is 0.500 e. The van der Waals surface area contributed by atoms with Crippen molar-refractivity contribution >= 4 is 14.7 Å². The number of hydrogen-bond donors (Lipinski definition) is 1. The number of nitrogens with zero attached hydrogens (tertiary/aromatic N) is 1. The first-order valence-corrected chi connectivity index (χ1v) is 9.84. The van der Waals surface area contributed by atoms with Crippen molar-refractivity contribution in [1.29, 1.82) is 0 Å². The summed E-state index contributed by atoms with van der Waals surface area (Å²) in [6.45, 7) is 9.24. The summed E-state index contributed by atoms with van der Waals surface area (Å²) in [6, 6.07) is 0.791. The zero-order chi connectivity index (χ0) is 16.4. The summed E-state index contributed by atoms with van der Waals surface area (Å²) in [6.07, 6.45) is 6.42. The Hall–Kier alpha value is -1.15. The summed E-state index contributed by atoms with van der Waals surface area (Å²) >= 11 is 0. The van der Waals surface area contributed by atoms with Crippen LogP contribution in [0.2, 0.25) is 6.04 Å². The lowest BCUT2D eigenvalue weighted by atomic mass is 10.2. The van der Waals surface area contributed by atoms with E-state index in [0.29, 0.717) is 31.9 Å². The Bertz CT molecular complexity index is 395. The van der Waals surface area contributed by atoms with E-state index in [1.807, 2.05) is 33.0 Å². The maximum absolute atomic E-state index is 11.1. The first-order valence-electron chi connectivity index (χ1n) is 7.91. The van der Waals surface area contributed by atoms with Crippen molar-refractivity contribution in [3.8, 4) is 0 Å². The molecular formula is C15H28N2O4Si. The van der Waals surface area contributed by atoms with Gasteiger partial charge in [-0.25, -0.2) is 0 Å². The summed E-state index contributed by atoms with van der Waals surface area (Å²) in [5, 5.41) is 0. The minimum Gasteiger partial charge on any atom is -0.374 e. The minimum atomic E-state index is -2.55. The highest BCUT2D eigenvalue weighted by Gasteiger charge is 2.39. The molecular weight excluding hydrogens is 300 g/mol. The molecule has 0 aromatic heterocycles.